The zero-order chi connectivity index (χ0) is 13.9. The highest BCUT2D eigenvalue weighted by Gasteiger charge is 2.37. The van der Waals surface area contributed by atoms with Gasteiger partial charge in [0.05, 0.1) is 11.8 Å². The fourth-order valence-electron chi connectivity index (χ4n) is 2.36. The van der Waals surface area contributed by atoms with Gasteiger partial charge in [-0.2, -0.15) is 18.3 Å². The minimum atomic E-state index is -4.59. The van der Waals surface area contributed by atoms with Gasteiger partial charge in [0.1, 0.15) is 0 Å². The summed E-state index contributed by atoms with van der Waals surface area (Å²) in [7, 11) is 0. The van der Waals surface area contributed by atoms with E-state index in [0.29, 0.717) is 0 Å². The quantitative estimate of drug-likeness (QED) is 0.815. The summed E-state index contributed by atoms with van der Waals surface area (Å²) in [6.45, 7) is 0. The number of aromatic nitrogens is 2. The lowest BCUT2D eigenvalue weighted by Crippen LogP contribution is -2.35. The monoisotopic (exact) mass is 275 g/mol. The van der Waals surface area contributed by atoms with Crippen molar-refractivity contribution in [2.24, 2.45) is 0 Å². The van der Waals surface area contributed by atoms with Gasteiger partial charge < -0.3 is 5.32 Å². The van der Waals surface area contributed by atoms with Crippen molar-refractivity contribution in [1.29, 1.82) is 0 Å². The second-order valence-corrected chi connectivity index (χ2v) is 4.82. The maximum absolute atomic E-state index is 12.6. The van der Waals surface area contributed by atoms with Crippen LogP contribution in [-0.4, -0.2) is 22.1 Å². The van der Waals surface area contributed by atoms with Crippen LogP contribution in [0.3, 0.4) is 0 Å². The number of H-pyrrole nitrogens is 1. The largest absolute Gasteiger partial charge is 0.433 e. The van der Waals surface area contributed by atoms with Gasteiger partial charge in [0.25, 0.3) is 5.91 Å². The summed E-state index contributed by atoms with van der Waals surface area (Å²) in [5.41, 5.74) is -1.52. The number of carbonyl (C=O) groups is 1. The summed E-state index contributed by atoms with van der Waals surface area (Å²) in [5.74, 6) is -0.701. The first-order chi connectivity index (χ1) is 8.98. The normalized spacial score (nSPS) is 18.1. The Kier molecular flexibility index (Phi) is 4.11. The Balaban J connectivity index is 2.05. The van der Waals surface area contributed by atoms with E-state index in [0.717, 1.165) is 44.7 Å². The van der Waals surface area contributed by atoms with Gasteiger partial charge in [0.2, 0.25) is 0 Å². The van der Waals surface area contributed by atoms with Crippen molar-refractivity contribution < 1.29 is 18.0 Å². The van der Waals surface area contributed by atoms with Crippen LogP contribution in [0.1, 0.15) is 54.6 Å². The van der Waals surface area contributed by atoms with Gasteiger partial charge in [-0.25, -0.2) is 0 Å². The molecule has 2 N–H and O–H groups in total. The number of aromatic amines is 1. The number of amides is 1. The summed E-state index contributed by atoms with van der Waals surface area (Å²) >= 11 is 0. The van der Waals surface area contributed by atoms with Crippen LogP contribution in [-0.2, 0) is 6.18 Å². The molecule has 1 heterocycles. The molecule has 1 fully saturated rings. The molecule has 4 nitrogen and oxygen atoms in total. The minimum absolute atomic E-state index is 0.0361. The van der Waals surface area contributed by atoms with Crippen LogP contribution in [0.5, 0.6) is 0 Å². The van der Waals surface area contributed by atoms with Gasteiger partial charge in [-0.3, -0.25) is 9.89 Å². The zero-order valence-electron chi connectivity index (χ0n) is 10.4. The molecule has 0 saturated heterocycles. The molecule has 0 bridgehead atoms. The van der Waals surface area contributed by atoms with Gasteiger partial charge in [-0.1, -0.05) is 25.7 Å². The number of hydrogen-bond acceptors (Lipinski definition) is 2. The molecule has 1 aromatic rings. The van der Waals surface area contributed by atoms with E-state index >= 15 is 0 Å². The Morgan fingerprint density at radius 2 is 1.89 bits per heavy atom. The summed E-state index contributed by atoms with van der Waals surface area (Å²) < 4.78 is 37.9. The standard InChI is InChI=1S/C12H16F3N3O/c13-12(14,15)10-9(7-16-18-10)11(19)17-8-5-3-1-2-4-6-8/h7-8H,1-6H2,(H,16,18)(H,17,19). The molecule has 1 aliphatic carbocycles. The van der Waals surface area contributed by atoms with E-state index in [1.165, 1.54) is 0 Å². The van der Waals surface area contributed by atoms with E-state index in [-0.39, 0.29) is 6.04 Å². The molecule has 1 aromatic heterocycles. The molecule has 106 valence electrons. The SMILES string of the molecule is O=C(NC1CCCCCC1)c1cn[nH]c1C(F)(F)F. The van der Waals surface area contributed by atoms with Crippen molar-refractivity contribution in [1.82, 2.24) is 15.5 Å². The highest BCUT2D eigenvalue weighted by Crippen LogP contribution is 2.30. The maximum Gasteiger partial charge on any atom is 0.433 e. The second-order valence-electron chi connectivity index (χ2n) is 4.82. The zero-order valence-corrected chi connectivity index (χ0v) is 10.4. The predicted molar refractivity (Wildman–Crippen MR) is 62.5 cm³/mol. The first kappa shape index (κ1) is 13.9. The van der Waals surface area contributed by atoms with Gasteiger partial charge in [-0.15, -0.1) is 0 Å². The molecule has 0 unspecified atom stereocenters. The lowest BCUT2D eigenvalue weighted by molar-refractivity contribution is -0.141. The Labute approximate surface area is 108 Å². The fraction of sp³-hybridized carbons (Fsp3) is 0.667. The third-order valence-electron chi connectivity index (χ3n) is 3.36. The topological polar surface area (TPSA) is 57.8 Å². The molecule has 1 saturated carbocycles. The first-order valence-corrected chi connectivity index (χ1v) is 6.40. The van der Waals surface area contributed by atoms with E-state index in [2.05, 4.69) is 10.4 Å². The molecule has 0 spiro atoms. The highest BCUT2D eigenvalue weighted by molar-refractivity contribution is 5.95. The van der Waals surface area contributed by atoms with Crippen molar-refractivity contribution >= 4 is 5.91 Å². The van der Waals surface area contributed by atoms with E-state index in [9.17, 15) is 18.0 Å². The lowest BCUT2D eigenvalue weighted by atomic mass is 10.1. The van der Waals surface area contributed by atoms with Gasteiger partial charge in [0.15, 0.2) is 5.69 Å². The second kappa shape index (κ2) is 5.63. The van der Waals surface area contributed by atoms with Crippen molar-refractivity contribution in [3.63, 3.8) is 0 Å². The molecule has 0 radical (unpaired) electrons. The van der Waals surface area contributed by atoms with E-state index in [1.54, 1.807) is 0 Å². The van der Waals surface area contributed by atoms with Crippen molar-refractivity contribution in [2.75, 3.05) is 0 Å². The molecule has 1 amide bonds. The van der Waals surface area contributed by atoms with Crippen molar-refractivity contribution in [2.45, 2.75) is 50.7 Å². The number of nitrogens with one attached hydrogen (secondary N) is 2. The number of halogens is 3. The Morgan fingerprint density at radius 3 is 2.47 bits per heavy atom. The van der Waals surface area contributed by atoms with Crippen LogP contribution in [0.15, 0.2) is 6.20 Å². The number of nitrogens with zero attached hydrogens (tertiary/aromatic N) is 1. The molecule has 7 heteroatoms. The number of rotatable bonds is 2. The van der Waals surface area contributed by atoms with Crippen LogP contribution in [0.4, 0.5) is 13.2 Å². The molecule has 0 aromatic carbocycles. The van der Waals surface area contributed by atoms with Crippen LogP contribution in [0.25, 0.3) is 0 Å². The summed E-state index contributed by atoms with van der Waals surface area (Å²) in [5, 5.41) is 7.83. The Morgan fingerprint density at radius 1 is 1.26 bits per heavy atom. The maximum atomic E-state index is 12.6. The predicted octanol–water partition coefficient (Wildman–Crippen LogP) is 2.88. The number of alkyl halides is 3. The van der Waals surface area contributed by atoms with Gasteiger partial charge in [0, 0.05) is 6.04 Å². The summed E-state index contributed by atoms with van der Waals surface area (Å²) in [6, 6.07) is -0.0361. The Bertz CT molecular complexity index is 434. The number of carbonyl (C=O) groups excluding carboxylic acids is 1. The van der Waals surface area contributed by atoms with Crippen molar-refractivity contribution in [3.8, 4) is 0 Å². The lowest BCUT2D eigenvalue weighted by Gasteiger charge is -2.16. The van der Waals surface area contributed by atoms with E-state index in [1.807, 2.05) is 5.10 Å². The molecular weight excluding hydrogens is 259 g/mol. The van der Waals surface area contributed by atoms with Gasteiger partial charge >= 0.3 is 6.18 Å². The summed E-state index contributed by atoms with van der Waals surface area (Å²) in [4.78, 5) is 11.9. The smallest absolute Gasteiger partial charge is 0.349 e. The van der Waals surface area contributed by atoms with E-state index in [4.69, 9.17) is 0 Å². The Hall–Kier alpha value is -1.53. The molecule has 19 heavy (non-hydrogen) atoms. The third-order valence-corrected chi connectivity index (χ3v) is 3.36. The van der Waals surface area contributed by atoms with Crippen LogP contribution < -0.4 is 5.32 Å². The average Bonchev–Trinajstić information content (AvgIpc) is 2.70. The summed E-state index contributed by atoms with van der Waals surface area (Å²) in [6.07, 6.45) is 2.22. The highest BCUT2D eigenvalue weighted by atomic mass is 19.4. The average molecular weight is 275 g/mol. The van der Waals surface area contributed by atoms with Crippen LogP contribution >= 0.6 is 0 Å². The van der Waals surface area contributed by atoms with Gasteiger partial charge in [-0.05, 0) is 12.8 Å². The van der Waals surface area contributed by atoms with Crippen molar-refractivity contribution in [3.05, 3.63) is 17.5 Å². The molecule has 2 rings (SSSR count). The fourth-order valence-corrected chi connectivity index (χ4v) is 2.36. The third kappa shape index (κ3) is 3.48. The van der Waals surface area contributed by atoms with Crippen LogP contribution in [0.2, 0.25) is 0 Å². The first-order valence-electron chi connectivity index (χ1n) is 6.40. The molecule has 0 aliphatic heterocycles. The molecular formula is C12H16F3N3O. The van der Waals surface area contributed by atoms with Crippen LogP contribution in [0, 0.1) is 0 Å². The molecule has 0 atom stereocenters. The minimum Gasteiger partial charge on any atom is -0.349 e. The van der Waals surface area contributed by atoms with E-state index < -0.39 is 23.3 Å². The number of hydrogen-bond donors (Lipinski definition) is 2. The molecule has 1 aliphatic rings.